The predicted octanol–water partition coefficient (Wildman–Crippen LogP) is 3.31. The van der Waals surface area contributed by atoms with E-state index in [1.807, 2.05) is 24.3 Å². The second kappa shape index (κ2) is 8.15. The number of carboxylic acid groups (broad SMARTS) is 1. The standard InChI is InChI=1S/C21H23NO4/c22-19(11-5-6-12-20(23)24)21(25)26-13-18-16-9-3-1-7-14(16)15-8-2-4-10-17(15)18/h1-4,7-10,18-19H,5-6,11-13,22H2,(H,23,24)/t19-/m0/s1. The van der Waals surface area contributed by atoms with E-state index in [0.717, 1.165) is 11.1 Å². The minimum absolute atomic E-state index is 0.0190. The van der Waals surface area contributed by atoms with E-state index >= 15 is 0 Å². The number of benzene rings is 2. The van der Waals surface area contributed by atoms with E-state index in [1.165, 1.54) is 11.1 Å². The van der Waals surface area contributed by atoms with Crippen molar-refractivity contribution >= 4 is 11.9 Å². The van der Waals surface area contributed by atoms with E-state index in [1.54, 1.807) is 0 Å². The molecule has 1 aliphatic carbocycles. The van der Waals surface area contributed by atoms with Crippen molar-refractivity contribution in [2.24, 2.45) is 5.73 Å². The molecule has 0 spiro atoms. The number of nitrogens with two attached hydrogens (primary N) is 1. The van der Waals surface area contributed by atoms with Crippen molar-refractivity contribution in [2.75, 3.05) is 6.61 Å². The summed E-state index contributed by atoms with van der Waals surface area (Å²) in [5.74, 6) is -1.24. The lowest BCUT2D eigenvalue weighted by Gasteiger charge is -2.16. The summed E-state index contributed by atoms with van der Waals surface area (Å²) in [6.07, 6.45) is 1.64. The molecule has 0 fully saturated rings. The number of hydrogen-bond acceptors (Lipinski definition) is 4. The van der Waals surface area contributed by atoms with Gasteiger partial charge >= 0.3 is 11.9 Å². The van der Waals surface area contributed by atoms with Gasteiger partial charge in [0.2, 0.25) is 0 Å². The Kier molecular flexibility index (Phi) is 5.68. The second-order valence-electron chi connectivity index (χ2n) is 6.60. The quantitative estimate of drug-likeness (QED) is 0.561. The van der Waals surface area contributed by atoms with Crippen LogP contribution in [0.5, 0.6) is 0 Å². The number of ether oxygens (including phenoxy) is 1. The van der Waals surface area contributed by atoms with Crippen LogP contribution in [0.3, 0.4) is 0 Å². The molecule has 0 bridgehead atoms. The maximum absolute atomic E-state index is 12.2. The van der Waals surface area contributed by atoms with Gasteiger partial charge in [-0.2, -0.15) is 0 Å². The molecule has 2 aromatic rings. The van der Waals surface area contributed by atoms with Crippen LogP contribution < -0.4 is 5.73 Å². The molecule has 136 valence electrons. The van der Waals surface area contributed by atoms with Crippen molar-refractivity contribution in [3.05, 3.63) is 59.7 Å². The highest BCUT2D eigenvalue weighted by Crippen LogP contribution is 2.44. The number of carbonyl (C=O) groups excluding carboxylic acids is 1. The molecule has 0 unspecified atom stereocenters. The predicted molar refractivity (Wildman–Crippen MR) is 98.8 cm³/mol. The van der Waals surface area contributed by atoms with Gasteiger partial charge in [-0.05, 0) is 35.1 Å². The lowest BCUT2D eigenvalue weighted by atomic mass is 9.98. The molecule has 3 N–H and O–H groups in total. The highest BCUT2D eigenvalue weighted by atomic mass is 16.5. The molecule has 26 heavy (non-hydrogen) atoms. The lowest BCUT2D eigenvalue weighted by Crippen LogP contribution is -2.33. The summed E-state index contributed by atoms with van der Waals surface area (Å²) in [5.41, 5.74) is 10.6. The first-order valence-corrected chi connectivity index (χ1v) is 8.90. The van der Waals surface area contributed by atoms with Crippen LogP contribution in [0.2, 0.25) is 0 Å². The molecule has 3 rings (SSSR count). The third-order valence-corrected chi connectivity index (χ3v) is 4.81. The monoisotopic (exact) mass is 353 g/mol. The smallest absolute Gasteiger partial charge is 0.322 e. The van der Waals surface area contributed by atoms with E-state index in [0.29, 0.717) is 19.3 Å². The molecule has 1 atom stereocenters. The van der Waals surface area contributed by atoms with Crippen LogP contribution >= 0.6 is 0 Å². The minimum Gasteiger partial charge on any atom is -0.481 e. The van der Waals surface area contributed by atoms with Crippen molar-refractivity contribution in [3.8, 4) is 11.1 Å². The van der Waals surface area contributed by atoms with Crippen molar-refractivity contribution in [1.29, 1.82) is 0 Å². The topological polar surface area (TPSA) is 89.6 Å². The zero-order valence-corrected chi connectivity index (χ0v) is 14.6. The number of unbranched alkanes of at least 4 members (excludes halogenated alkanes) is 1. The Morgan fingerprint density at radius 2 is 1.58 bits per heavy atom. The maximum Gasteiger partial charge on any atom is 0.322 e. The third kappa shape index (κ3) is 3.94. The number of carbonyl (C=O) groups is 2. The maximum atomic E-state index is 12.2. The first-order chi connectivity index (χ1) is 12.6. The first kappa shape index (κ1) is 18.1. The first-order valence-electron chi connectivity index (χ1n) is 8.90. The molecule has 0 saturated heterocycles. The Morgan fingerprint density at radius 3 is 2.15 bits per heavy atom. The number of esters is 1. The fourth-order valence-electron chi connectivity index (χ4n) is 3.47. The fourth-order valence-corrected chi connectivity index (χ4v) is 3.47. The molecule has 0 radical (unpaired) electrons. The Balaban J connectivity index is 1.59. The summed E-state index contributed by atoms with van der Waals surface area (Å²) in [4.78, 5) is 22.7. The van der Waals surface area contributed by atoms with E-state index in [4.69, 9.17) is 15.6 Å². The van der Waals surface area contributed by atoms with Gasteiger partial charge in [0.05, 0.1) is 0 Å². The van der Waals surface area contributed by atoms with Crippen LogP contribution in [0.1, 0.15) is 42.7 Å². The molecule has 2 aromatic carbocycles. The Bertz CT molecular complexity index is 757. The number of rotatable bonds is 8. The highest BCUT2D eigenvalue weighted by molar-refractivity contribution is 5.79. The summed E-state index contributed by atoms with van der Waals surface area (Å²) < 4.78 is 5.50. The lowest BCUT2D eigenvalue weighted by molar-refractivity contribution is -0.145. The van der Waals surface area contributed by atoms with E-state index in [9.17, 15) is 9.59 Å². The zero-order valence-electron chi connectivity index (χ0n) is 14.6. The van der Waals surface area contributed by atoms with Gasteiger partial charge in [-0.1, -0.05) is 55.0 Å². The van der Waals surface area contributed by atoms with Gasteiger partial charge in [-0.25, -0.2) is 0 Å². The van der Waals surface area contributed by atoms with Gasteiger partial charge in [0.1, 0.15) is 12.6 Å². The van der Waals surface area contributed by atoms with E-state index in [2.05, 4.69) is 24.3 Å². The summed E-state index contributed by atoms with van der Waals surface area (Å²) in [6.45, 7) is 0.260. The van der Waals surface area contributed by atoms with Gasteiger partial charge in [0.25, 0.3) is 0 Å². The van der Waals surface area contributed by atoms with Crippen LogP contribution in [0.4, 0.5) is 0 Å². The molecule has 1 aliphatic rings. The van der Waals surface area contributed by atoms with Crippen molar-refractivity contribution < 1.29 is 19.4 Å². The van der Waals surface area contributed by atoms with Gasteiger partial charge < -0.3 is 15.6 Å². The normalized spacial score (nSPS) is 13.7. The zero-order chi connectivity index (χ0) is 18.5. The van der Waals surface area contributed by atoms with Crippen LogP contribution in [-0.4, -0.2) is 29.7 Å². The van der Waals surface area contributed by atoms with Gasteiger partial charge in [0, 0.05) is 12.3 Å². The second-order valence-corrected chi connectivity index (χ2v) is 6.60. The molecular formula is C21H23NO4. The summed E-state index contributed by atoms with van der Waals surface area (Å²) in [6, 6.07) is 15.6. The Labute approximate surface area is 152 Å². The average molecular weight is 353 g/mol. The van der Waals surface area contributed by atoms with Crippen LogP contribution in [-0.2, 0) is 14.3 Å². The molecule has 0 saturated carbocycles. The highest BCUT2D eigenvalue weighted by Gasteiger charge is 2.29. The fraction of sp³-hybridized carbons (Fsp3) is 0.333. The summed E-state index contributed by atoms with van der Waals surface area (Å²) in [7, 11) is 0. The number of hydrogen-bond donors (Lipinski definition) is 2. The van der Waals surface area contributed by atoms with Gasteiger partial charge in [0.15, 0.2) is 0 Å². The summed E-state index contributed by atoms with van der Waals surface area (Å²) >= 11 is 0. The van der Waals surface area contributed by atoms with Crippen LogP contribution in [0, 0.1) is 0 Å². The van der Waals surface area contributed by atoms with Crippen LogP contribution in [0.15, 0.2) is 48.5 Å². The van der Waals surface area contributed by atoms with Crippen molar-refractivity contribution in [3.63, 3.8) is 0 Å². The molecule has 0 heterocycles. The van der Waals surface area contributed by atoms with E-state index in [-0.39, 0.29) is 18.9 Å². The molecule has 5 nitrogen and oxygen atoms in total. The van der Waals surface area contributed by atoms with Crippen molar-refractivity contribution in [2.45, 2.75) is 37.6 Å². The van der Waals surface area contributed by atoms with Gasteiger partial charge in [-0.15, -0.1) is 0 Å². The Morgan fingerprint density at radius 1 is 1.00 bits per heavy atom. The average Bonchev–Trinajstić information content (AvgIpc) is 2.97. The van der Waals surface area contributed by atoms with E-state index < -0.39 is 18.0 Å². The number of carboxylic acids is 1. The summed E-state index contributed by atoms with van der Waals surface area (Å²) in [5, 5.41) is 8.63. The molecule has 0 aliphatic heterocycles. The molecular weight excluding hydrogens is 330 g/mol. The SMILES string of the molecule is N[C@@H](CCCCC(=O)O)C(=O)OCC1c2ccccc2-c2ccccc21. The van der Waals surface area contributed by atoms with Crippen LogP contribution in [0.25, 0.3) is 11.1 Å². The number of aliphatic carboxylic acids is 1. The van der Waals surface area contributed by atoms with Gasteiger partial charge in [-0.3, -0.25) is 9.59 Å². The third-order valence-electron chi connectivity index (χ3n) is 4.81. The Hall–Kier alpha value is -2.66. The van der Waals surface area contributed by atoms with Crippen molar-refractivity contribution in [1.82, 2.24) is 0 Å². The molecule has 5 heteroatoms. The minimum atomic E-state index is -0.834. The molecule has 0 amide bonds. The largest absolute Gasteiger partial charge is 0.481 e. The molecule has 0 aromatic heterocycles. The number of fused-ring (bicyclic) bond motifs is 3.